The Morgan fingerprint density at radius 1 is 1.18 bits per heavy atom. The molecule has 1 saturated heterocycles. The molecule has 1 saturated carbocycles. The highest BCUT2D eigenvalue weighted by Crippen LogP contribution is 2.29. The lowest BCUT2D eigenvalue weighted by atomic mass is 9.90. The van der Waals surface area contributed by atoms with E-state index in [0.717, 1.165) is 24.0 Å². The number of hydrogen-bond donors (Lipinski definition) is 1. The van der Waals surface area contributed by atoms with E-state index in [-0.39, 0.29) is 0 Å². The maximum absolute atomic E-state index is 3.47. The van der Waals surface area contributed by atoms with E-state index in [9.17, 15) is 0 Å². The Morgan fingerprint density at radius 3 is 2.53 bits per heavy atom. The number of nitrogens with zero attached hydrogens (tertiary/aromatic N) is 2. The molecule has 0 radical (unpaired) electrons. The molecule has 0 aromatic carbocycles. The summed E-state index contributed by atoms with van der Waals surface area (Å²) >= 11 is 0. The summed E-state index contributed by atoms with van der Waals surface area (Å²) in [4.78, 5) is 5.15. The van der Waals surface area contributed by atoms with Crippen LogP contribution in [0.5, 0.6) is 0 Å². The van der Waals surface area contributed by atoms with Crippen LogP contribution in [0.15, 0.2) is 0 Å². The summed E-state index contributed by atoms with van der Waals surface area (Å²) in [5.74, 6) is 0.819. The van der Waals surface area contributed by atoms with Crippen LogP contribution in [0.25, 0.3) is 0 Å². The van der Waals surface area contributed by atoms with Crippen molar-refractivity contribution >= 4 is 0 Å². The second-order valence-electron chi connectivity index (χ2n) is 6.27. The highest BCUT2D eigenvalue weighted by Gasteiger charge is 2.36. The molecule has 4 unspecified atom stereocenters. The molecular weight excluding hydrogens is 210 g/mol. The minimum atomic E-state index is 0.752. The molecule has 0 spiro atoms. The molecule has 2 aliphatic rings. The van der Waals surface area contributed by atoms with Crippen molar-refractivity contribution in [3.05, 3.63) is 0 Å². The lowest BCUT2D eigenvalue weighted by Crippen LogP contribution is -2.43. The normalized spacial score (nSPS) is 40.1. The van der Waals surface area contributed by atoms with Crippen molar-refractivity contribution in [3.8, 4) is 0 Å². The third-order valence-corrected chi connectivity index (χ3v) is 4.84. The Labute approximate surface area is 107 Å². The smallest absolute Gasteiger partial charge is 0.0254 e. The SMILES string of the molecule is CNC1CCCC(N2CC(C)C(N(C)C)C2)C1. The monoisotopic (exact) mass is 239 g/mol. The molecule has 100 valence electrons. The summed E-state index contributed by atoms with van der Waals surface area (Å²) in [5.41, 5.74) is 0. The van der Waals surface area contributed by atoms with Gasteiger partial charge in [-0.25, -0.2) is 0 Å². The summed E-state index contributed by atoms with van der Waals surface area (Å²) in [7, 11) is 6.56. The van der Waals surface area contributed by atoms with E-state index >= 15 is 0 Å². The molecule has 1 heterocycles. The molecule has 3 heteroatoms. The lowest BCUT2D eigenvalue weighted by molar-refractivity contribution is 0.159. The van der Waals surface area contributed by atoms with Crippen molar-refractivity contribution in [3.63, 3.8) is 0 Å². The second-order valence-corrected chi connectivity index (χ2v) is 6.27. The standard InChI is InChI=1S/C14H29N3/c1-11-9-17(10-14(11)16(3)4)13-7-5-6-12(8-13)15-2/h11-15H,5-10H2,1-4H3. The molecule has 4 atom stereocenters. The predicted octanol–water partition coefficient (Wildman–Crippen LogP) is 1.40. The summed E-state index contributed by atoms with van der Waals surface area (Å²) in [6, 6.07) is 2.33. The zero-order valence-corrected chi connectivity index (χ0v) is 11.9. The van der Waals surface area contributed by atoms with Crippen LogP contribution < -0.4 is 5.32 Å². The van der Waals surface area contributed by atoms with E-state index in [4.69, 9.17) is 0 Å². The molecule has 0 aromatic rings. The number of likely N-dealkylation sites (tertiary alicyclic amines) is 1. The van der Waals surface area contributed by atoms with Crippen LogP contribution in [-0.4, -0.2) is 62.2 Å². The Hall–Kier alpha value is -0.120. The van der Waals surface area contributed by atoms with Gasteiger partial charge in [0.25, 0.3) is 0 Å². The molecule has 1 aliphatic heterocycles. The van der Waals surface area contributed by atoms with Crippen LogP contribution in [-0.2, 0) is 0 Å². The lowest BCUT2D eigenvalue weighted by Gasteiger charge is -2.35. The maximum Gasteiger partial charge on any atom is 0.0254 e. The van der Waals surface area contributed by atoms with E-state index in [2.05, 4.69) is 43.2 Å². The molecule has 2 fully saturated rings. The topological polar surface area (TPSA) is 18.5 Å². The van der Waals surface area contributed by atoms with Crippen LogP contribution in [0.1, 0.15) is 32.6 Å². The summed E-state index contributed by atoms with van der Waals surface area (Å²) < 4.78 is 0. The van der Waals surface area contributed by atoms with E-state index in [1.165, 1.54) is 38.8 Å². The molecule has 1 N–H and O–H groups in total. The van der Waals surface area contributed by atoms with Crippen molar-refractivity contribution in [2.24, 2.45) is 5.92 Å². The van der Waals surface area contributed by atoms with Crippen molar-refractivity contribution in [2.45, 2.75) is 50.7 Å². The van der Waals surface area contributed by atoms with E-state index in [1.54, 1.807) is 0 Å². The second kappa shape index (κ2) is 5.68. The van der Waals surface area contributed by atoms with Crippen molar-refractivity contribution in [2.75, 3.05) is 34.2 Å². The van der Waals surface area contributed by atoms with Crippen LogP contribution in [0.4, 0.5) is 0 Å². The molecule has 17 heavy (non-hydrogen) atoms. The fourth-order valence-corrected chi connectivity index (χ4v) is 3.71. The fourth-order valence-electron chi connectivity index (χ4n) is 3.71. The Balaban J connectivity index is 1.91. The highest BCUT2D eigenvalue weighted by molar-refractivity contribution is 4.92. The van der Waals surface area contributed by atoms with E-state index in [1.807, 2.05) is 0 Å². The number of hydrogen-bond acceptors (Lipinski definition) is 3. The predicted molar refractivity (Wildman–Crippen MR) is 73.3 cm³/mol. The van der Waals surface area contributed by atoms with Gasteiger partial charge in [-0.15, -0.1) is 0 Å². The fraction of sp³-hybridized carbons (Fsp3) is 1.00. The Morgan fingerprint density at radius 2 is 1.94 bits per heavy atom. The quantitative estimate of drug-likeness (QED) is 0.803. The van der Waals surface area contributed by atoms with Crippen LogP contribution in [0.3, 0.4) is 0 Å². The van der Waals surface area contributed by atoms with Gasteiger partial charge in [0, 0.05) is 31.2 Å². The van der Waals surface area contributed by atoms with Crippen LogP contribution in [0, 0.1) is 5.92 Å². The van der Waals surface area contributed by atoms with Gasteiger partial charge in [0.15, 0.2) is 0 Å². The first-order valence-electron chi connectivity index (χ1n) is 7.19. The number of likely N-dealkylation sites (N-methyl/N-ethyl adjacent to an activating group) is 1. The van der Waals surface area contributed by atoms with Gasteiger partial charge >= 0.3 is 0 Å². The molecule has 2 rings (SSSR count). The molecule has 0 aromatic heterocycles. The molecule has 0 amide bonds. The average molecular weight is 239 g/mol. The first kappa shape index (κ1) is 13.3. The first-order valence-corrected chi connectivity index (χ1v) is 7.19. The van der Waals surface area contributed by atoms with Gasteiger partial charge in [0.2, 0.25) is 0 Å². The summed E-state index contributed by atoms with van der Waals surface area (Å²) in [5, 5.41) is 3.47. The van der Waals surface area contributed by atoms with E-state index in [0.29, 0.717) is 0 Å². The van der Waals surface area contributed by atoms with Crippen molar-refractivity contribution < 1.29 is 0 Å². The zero-order valence-electron chi connectivity index (χ0n) is 11.9. The summed E-state index contributed by atoms with van der Waals surface area (Å²) in [6.07, 6.45) is 5.52. The molecule has 3 nitrogen and oxygen atoms in total. The third kappa shape index (κ3) is 3.01. The largest absolute Gasteiger partial charge is 0.317 e. The maximum atomic E-state index is 3.47. The Kier molecular flexibility index (Phi) is 4.45. The molecular formula is C14H29N3. The first-order chi connectivity index (χ1) is 8.11. The van der Waals surface area contributed by atoms with Gasteiger partial charge in [-0.05, 0) is 46.3 Å². The van der Waals surface area contributed by atoms with Crippen LogP contribution in [0.2, 0.25) is 0 Å². The minimum Gasteiger partial charge on any atom is -0.317 e. The number of nitrogens with one attached hydrogen (secondary N) is 1. The van der Waals surface area contributed by atoms with Gasteiger partial charge in [0.05, 0.1) is 0 Å². The van der Waals surface area contributed by atoms with Crippen molar-refractivity contribution in [1.29, 1.82) is 0 Å². The zero-order chi connectivity index (χ0) is 12.4. The van der Waals surface area contributed by atoms with Gasteiger partial charge in [-0.1, -0.05) is 13.3 Å². The van der Waals surface area contributed by atoms with Gasteiger partial charge in [-0.3, -0.25) is 4.90 Å². The highest BCUT2D eigenvalue weighted by atomic mass is 15.3. The third-order valence-electron chi connectivity index (χ3n) is 4.84. The molecule has 0 bridgehead atoms. The van der Waals surface area contributed by atoms with Crippen molar-refractivity contribution in [1.82, 2.24) is 15.1 Å². The number of rotatable bonds is 3. The van der Waals surface area contributed by atoms with Gasteiger partial charge in [0.1, 0.15) is 0 Å². The van der Waals surface area contributed by atoms with E-state index < -0.39 is 0 Å². The average Bonchev–Trinajstić information content (AvgIpc) is 2.71. The van der Waals surface area contributed by atoms with Gasteiger partial charge < -0.3 is 10.2 Å². The Bertz CT molecular complexity index is 242. The van der Waals surface area contributed by atoms with Gasteiger partial charge in [-0.2, -0.15) is 0 Å². The van der Waals surface area contributed by atoms with Crippen LogP contribution >= 0.6 is 0 Å². The minimum absolute atomic E-state index is 0.752. The molecule has 1 aliphatic carbocycles. The summed E-state index contributed by atoms with van der Waals surface area (Å²) in [6.45, 7) is 4.97.